The van der Waals surface area contributed by atoms with Gasteiger partial charge in [0.15, 0.2) is 0 Å². The Morgan fingerprint density at radius 2 is 2.08 bits per heavy atom. The molecule has 2 aliphatic rings. The van der Waals surface area contributed by atoms with E-state index >= 15 is 0 Å². The number of aliphatic hydroxyl groups excluding tert-OH is 1. The van der Waals surface area contributed by atoms with Crippen LogP contribution in [0.2, 0.25) is 0 Å². The van der Waals surface area contributed by atoms with Crippen LogP contribution in [0.4, 0.5) is 0 Å². The fourth-order valence-corrected chi connectivity index (χ4v) is 1.86. The van der Waals surface area contributed by atoms with Gasteiger partial charge in [-0.25, -0.2) is 0 Å². The highest BCUT2D eigenvalue weighted by Crippen LogP contribution is 2.28. The van der Waals surface area contributed by atoms with Gasteiger partial charge in [-0.1, -0.05) is 6.92 Å². The van der Waals surface area contributed by atoms with Crippen molar-refractivity contribution < 1.29 is 19.3 Å². The predicted octanol–water partition coefficient (Wildman–Crippen LogP) is -0.0599. The molecule has 4 heteroatoms. The largest absolute Gasteiger partial charge is 0.388 e. The third kappa shape index (κ3) is 1.72. The van der Waals surface area contributed by atoms with Crippen LogP contribution in [0.1, 0.15) is 13.3 Å². The van der Waals surface area contributed by atoms with Crippen molar-refractivity contribution in [2.45, 2.75) is 37.8 Å². The molecule has 0 aromatic rings. The van der Waals surface area contributed by atoms with E-state index in [0.29, 0.717) is 13.2 Å². The van der Waals surface area contributed by atoms with Crippen LogP contribution < -0.4 is 0 Å². The van der Waals surface area contributed by atoms with Gasteiger partial charge in [-0.15, -0.1) is 0 Å². The first-order valence-electron chi connectivity index (χ1n) is 4.85. The van der Waals surface area contributed by atoms with Crippen LogP contribution in [0.5, 0.6) is 0 Å². The van der Waals surface area contributed by atoms with E-state index in [2.05, 4.69) is 6.92 Å². The molecule has 4 nitrogen and oxygen atoms in total. The third-order valence-electron chi connectivity index (χ3n) is 2.52. The van der Waals surface area contributed by atoms with E-state index in [1.54, 1.807) is 0 Å². The van der Waals surface area contributed by atoms with Crippen molar-refractivity contribution in [1.29, 1.82) is 0 Å². The van der Waals surface area contributed by atoms with E-state index in [9.17, 15) is 5.11 Å². The summed E-state index contributed by atoms with van der Waals surface area (Å²) in [5, 5.41) is 9.44. The van der Waals surface area contributed by atoms with Gasteiger partial charge in [0.05, 0.1) is 13.2 Å². The van der Waals surface area contributed by atoms with Crippen LogP contribution in [0.15, 0.2) is 0 Å². The van der Waals surface area contributed by atoms with E-state index in [-0.39, 0.29) is 18.3 Å². The SMILES string of the molecule is CCCO[C@@H]1CO[C@H]2[C@@H]1OC[C@@H]2O. The second kappa shape index (κ2) is 3.92. The molecule has 0 amide bonds. The third-order valence-corrected chi connectivity index (χ3v) is 2.52. The molecule has 13 heavy (non-hydrogen) atoms. The maximum Gasteiger partial charge on any atom is 0.115 e. The van der Waals surface area contributed by atoms with Crippen LogP contribution >= 0.6 is 0 Å². The van der Waals surface area contributed by atoms with Crippen molar-refractivity contribution in [2.75, 3.05) is 19.8 Å². The van der Waals surface area contributed by atoms with Gasteiger partial charge in [0.2, 0.25) is 0 Å². The number of aliphatic hydroxyl groups is 1. The highest BCUT2D eigenvalue weighted by molar-refractivity contribution is 4.94. The molecule has 2 heterocycles. The van der Waals surface area contributed by atoms with Gasteiger partial charge in [0.25, 0.3) is 0 Å². The fraction of sp³-hybridized carbons (Fsp3) is 1.00. The quantitative estimate of drug-likeness (QED) is 0.674. The van der Waals surface area contributed by atoms with Crippen molar-refractivity contribution in [3.05, 3.63) is 0 Å². The molecule has 0 radical (unpaired) electrons. The Kier molecular flexibility index (Phi) is 2.83. The monoisotopic (exact) mass is 188 g/mol. The minimum absolute atomic E-state index is 0.0158. The Balaban J connectivity index is 1.87. The number of rotatable bonds is 3. The molecule has 0 spiro atoms. The lowest BCUT2D eigenvalue weighted by Crippen LogP contribution is -2.32. The number of hydrogen-bond donors (Lipinski definition) is 1. The number of ether oxygens (including phenoxy) is 3. The summed E-state index contributed by atoms with van der Waals surface area (Å²) in [5.41, 5.74) is 0. The van der Waals surface area contributed by atoms with Crippen LogP contribution in [0, 0.1) is 0 Å². The molecule has 0 aromatic heterocycles. The van der Waals surface area contributed by atoms with Crippen LogP contribution in [0.3, 0.4) is 0 Å². The van der Waals surface area contributed by atoms with Crippen molar-refractivity contribution in [2.24, 2.45) is 0 Å². The molecule has 1 N–H and O–H groups in total. The molecule has 0 aliphatic carbocycles. The van der Waals surface area contributed by atoms with E-state index in [0.717, 1.165) is 13.0 Å². The molecule has 0 aromatic carbocycles. The first-order chi connectivity index (χ1) is 6.33. The topological polar surface area (TPSA) is 47.9 Å². The van der Waals surface area contributed by atoms with E-state index < -0.39 is 6.10 Å². The molecule has 0 bridgehead atoms. The van der Waals surface area contributed by atoms with Gasteiger partial charge in [-0.05, 0) is 6.42 Å². The molecular formula is C9H16O4. The lowest BCUT2D eigenvalue weighted by atomic mass is 10.1. The Morgan fingerprint density at radius 1 is 1.31 bits per heavy atom. The molecule has 2 rings (SSSR count). The van der Waals surface area contributed by atoms with Gasteiger partial charge < -0.3 is 19.3 Å². The molecule has 4 atom stereocenters. The van der Waals surface area contributed by atoms with E-state index in [1.807, 2.05) is 0 Å². The van der Waals surface area contributed by atoms with Crippen molar-refractivity contribution in [1.82, 2.24) is 0 Å². The summed E-state index contributed by atoms with van der Waals surface area (Å²) >= 11 is 0. The summed E-state index contributed by atoms with van der Waals surface area (Å²) < 4.78 is 16.4. The van der Waals surface area contributed by atoms with Crippen molar-refractivity contribution in [3.8, 4) is 0 Å². The Hall–Kier alpha value is -0.160. The average molecular weight is 188 g/mol. The normalized spacial score (nSPS) is 43.8. The van der Waals surface area contributed by atoms with Crippen LogP contribution in [-0.4, -0.2) is 49.3 Å². The fourth-order valence-electron chi connectivity index (χ4n) is 1.86. The summed E-state index contributed by atoms with van der Waals surface area (Å²) in [6, 6.07) is 0. The summed E-state index contributed by atoms with van der Waals surface area (Å²) in [6.45, 7) is 3.72. The maximum atomic E-state index is 9.44. The zero-order chi connectivity index (χ0) is 9.26. The zero-order valence-corrected chi connectivity index (χ0v) is 7.81. The Morgan fingerprint density at radius 3 is 2.85 bits per heavy atom. The van der Waals surface area contributed by atoms with Crippen LogP contribution in [-0.2, 0) is 14.2 Å². The van der Waals surface area contributed by atoms with Crippen molar-refractivity contribution in [3.63, 3.8) is 0 Å². The Bertz CT molecular complexity index is 173. The van der Waals surface area contributed by atoms with Gasteiger partial charge in [-0.2, -0.15) is 0 Å². The Labute approximate surface area is 77.8 Å². The zero-order valence-electron chi connectivity index (χ0n) is 7.81. The van der Waals surface area contributed by atoms with Crippen LogP contribution in [0.25, 0.3) is 0 Å². The maximum absolute atomic E-state index is 9.44. The molecule has 0 saturated carbocycles. The van der Waals surface area contributed by atoms with Gasteiger partial charge in [-0.3, -0.25) is 0 Å². The van der Waals surface area contributed by atoms with Gasteiger partial charge >= 0.3 is 0 Å². The minimum atomic E-state index is -0.472. The minimum Gasteiger partial charge on any atom is -0.388 e. The molecule has 2 aliphatic heterocycles. The summed E-state index contributed by atoms with van der Waals surface area (Å²) in [6.07, 6.45) is 0.321. The molecule has 76 valence electrons. The molecule has 2 saturated heterocycles. The van der Waals surface area contributed by atoms with Crippen molar-refractivity contribution >= 4 is 0 Å². The van der Waals surface area contributed by atoms with Gasteiger partial charge in [0.1, 0.15) is 24.4 Å². The second-order valence-corrected chi connectivity index (χ2v) is 3.57. The molecule has 2 fully saturated rings. The second-order valence-electron chi connectivity index (χ2n) is 3.57. The summed E-state index contributed by atoms with van der Waals surface area (Å²) in [7, 11) is 0. The predicted molar refractivity (Wildman–Crippen MR) is 45.5 cm³/mol. The van der Waals surface area contributed by atoms with E-state index in [1.165, 1.54) is 0 Å². The van der Waals surface area contributed by atoms with Gasteiger partial charge in [0, 0.05) is 6.61 Å². The molecular weight excluding hydrogens is 172 g/mol. The smallest absolute Gasteiger partial charge is 0.115 e. The number of fused-ring (bicyclic) bond motifs is 1. The first kappa shape index (κ1) is 9.40. The highest BCUT2D eigenvalue weighted by atomic mass is 16.6. The summed E-state index contributed by atoms with van der Waals surface area (Å²) in [4.78, 5) is 0. The lowest BCUT2D eigenvalue weighted by Gasteiger charge is -2.15. The van der Waals surface area contributed by atoms with E-state index in [4.69, 9.17) is 14.2 Å². The number of hydrogen-bond acceptors (Lipinski definition) is 4. The average Bonchev–Trinajstić information content (AvgIpc) is 2.67. The summed E-state index contributed by atoms with van der Waals surface area (Å²) in [5.74, 6) is 0. The highest BCUT2D eigenvalue weighted by Gasteiger charge is 2.47. The first-order valence-corrected chi connectivity index (χ1v) is 4.85. The standard InChI is InChI=1S/C9H16O4/c1-2-3-11-7-5-13-8-6(10)4-12-9(7)8/h6-10H,2-5H2,1H3/t6-,7+,8+,9+/m0/s1. The molecule has 0 unspecified atom stereocenters. The lowest BCUT2D eigenvalue weighted by molar-refractivity contribution is -0.0366.